The molecule has 1 saturated carbocycles. The Morgan fingerprint density at radius 3 is 2.95 bits per heavy atom. The molecule has 1 unspecified atom stereocenters. The van der Waals surface area contributed by atoms with Crippen molar-refractivity contribution in [1.82, 2.24) is 5.32 Å². The molecule has 0 spiro atoms. The van der Waals surface area contributed by atoms with E-state index in [1.54, 1.807) is 0 Å². The molecule has 0 saturated heterocycles. The van der Waals surface area contributed by atoms with Crippen LogP contribution < -0.4 is 5.32 Å². The van der Waals surface area contributed by atoms with Gasteiger partial charge in [0.2, 0.25) is 0 Å². The normalized spacial score (nSPS) is 18.3. The SMILES string of the molecule is O=C(NCC(O)COCC1CC1)c1ccc2c(c1)CCC2. The van der Waals surface area contributed by atoms with Crippen LogP contribution in [-0.2, 0) is 17.6 Å². The lowest BCUT2D eigenvalue weighted by atomic mass is 10.1. The Hall–Kier alpha value is -1.39. The standard InChI is InChI=1S/C17H23NO3/c19-16(11-21-10-12-4-5-12)9-18-17(20)15-7-6-13-2-1-3-14(13)8-15/h6-8,12,16,19H,1-5,9-11H2,(H,18,20). The molecule has 4 nitrogen and oxygen atoms in total. The number of hydrogen-bond donors (Lipinski definition) is 2. The molecule has 0 aliphatic heterocycles. The Kier molecular flexibility index (Phi) is 4.56. The molecular weight excluding hydrogens is 266 g/mol. The predicted octanol–water partition coefficient (Wildman–Crippen LogP) is 1.69. The number of benzene rings is 1. The second-order valence-electron chi connectivity index (χ2n) is 6.18. The molecule has 1 atom stereocenters. The largest absolute Gasteiger partial charge is 0.389 e. The zero-order chi connectivity index (χ0) is 14.7. The number of nitrogens with one attached hydrogen (secondary N) is 1. The lowest BCUT2D eigenvalue weighted by Crippen LogP contribution is -2.34. The summed E-state index contributed by atoms with van der Waals surface area (Å²) in [6.07, 6.45) is 5.21. The summed E-state index contributed by atoms with van der Waals surface area (Å²) in [4.78, 5) is 12.1. The Morgan fingerprint density at radius 1 is 1.33 bits per heavy atom. The van der Waals surface area contributed by atoms with E-state index < -0.39 is 6.10 Å². The number of rotatable bonds is 7. The van der Waals surface area contributed by atoms with E-state index in [-0.39, 0.29) is 12.5 Å². The molecule has 2 aliphatic carbocycles. The van der Waals surface area contributed by atoms with Crippen molar-refractivity contribution in [1.29, 1.82) is 0 Å². The summed E-state index contributed by atoms with van der Waals surface area (Å²) >= 11 is 0. The van der Waals surface area contributed by atoms with E-state index in [2.05, 4.69) is 5.32 Å². The van der Waals surface area contributed by atoms with Crippen LogP contribution in [0.15, 0.2) is 18.2 Å². The van der Waals surface area contributed by atoms with E-state index in [0.29, 0.717) is 18.1 Å². The van der Waals surface area contributed by atoms with Crippen molar-refractivity contribution in [3.8, 4) is 0 Å². The average Bonchev–Trinajstić information content (AvgIpc) is 3.19. The topological polar surface area (TPSA) is 58.6 Å². The van der Waals surface area contributed by atoms with Gasteiger partial charge in [-0.05, 0) is 61.3 Å². The van der Waals surface area contributed by atoms with Crippen LogP contribution in [-0.4, -0.2) is 36.9 Å². The maximum absolute atomic E-state index is 12.1. The number of amides is 1. The highest BCUT2D eigenvalue weighted by atomic mass is 16.5. The molecule has 114 valence electrons. The van der Waals surface area contributed by atoms with E-state index in [1.165, 1.54) is 30.4 Å². The highest BCUT2D eigenvalue weighted by Crippen LogP contribution is 2.28. The minimum absolute atomic E-state index is 0.119. The number of carbonyl (C=O) groups is 1. The fourth-order valence-corrected chi connectivity index (χ4v) is 2.74. The van der Waals surface area contributed by atoms with Crippen LogP contribution in [0.4, 0.5) is 0 Å². The molecule has 3 rings (SSSR count). The van der Waals surface area contributed by atoms with Crippen LogP contribution in [0.1, 0.15) is 40.7 Å². The average molecular weight is 289 g/mol. The van der Waals surface area contributed by atoms with Crippen molar-refractivity contribution in [3.05, 3.63) is 34.9 Å². The van der Waals surface area contributed by atoms with Gasteiger partial charge in [0.1, 0.15) is 0 Å². The first-order valence-electron chi connectivity index (χ1n) is 7.88. The zero-order valence-corrected chi connectivity index (χ0v) is 12.3. The van der Waals surface area contributed by atoms with Gasteiger partial charge in [0.25, 0.3) is 5.91 Å². The van der Waals surface area contributed by atoms with Gasteiger partial charge in [-0.3, -0.25) is 4.79 Å². The highest BCUT2D eigenvalue weighted by Gasteiger charge is 2.21. The van der Waals surface area contributed by atoms with E-state index in [4.69, 9.17) is 4.74 Å². The molecule has 1 aromatic carbocycles. The maximum Gasteiger partial charge on any atom is 0.251 e. The molecule has 1 fully saturated rings. The minimum atomic E-state index is -0.637. The molecule has 2 aliphatic rings. The van der Waals surface area contributed by atoms with Crippen molar-refractivity contribution in [3.63, 3.8) is 0 Å². The smallest absolute Gasteiger partial charge is 0.251 e. The number of fused-ring (bicyclic) bond motifs is 1. The van der Waals surface area contributed by atoms with E-state index >= 15 is 0 Å². The van der Waals surface area contributed by atoms with Crippen LogP contribution in [0, 0.1) is 5.92 Å². The van der Waals surface area contributed by atoms with Crippen molar-refractivity contribution < 1.29 is 14.6 Å². The summed E-state index contributed by atoms with van der Waals surface area (Å²) in [6, 6.07) is 5.90. The van der Waals surface area contributed by atoms with Crippen molar-refractivity contribution in [2.75, 3.05) is 19.8 Å². The zero-order valence-electron chi connectivity index (χ0n) is 12.3. The second kappa shape index (κ2) is 6.58. The molecule has 0 heterocycles. The molecule has 0 radical (unpaired) electrons. The van der Waals surface area contributed by atoms with Gasteiger partial charge in [-0.25, -0.2) is 0 Å². The van der Waals surface area contributed by atoms with E-state index in [0.717, 1.165) is 19.4 Å². The van der Waals surface area contributed by atoms with Gasteiger partial charge in [-0.2, -0.15) is 0 Å². The monoisotopic (exact) mass is 289 g/mol. The maximum atomic E-state index is 12.1. The third-order valence-corrected chi connectivity index (χ3v) is 4.22. The van der Waals surface area contributed by atoms with Crippen molar-refractivity contribution in [2.24, 2.45) is 5.92 Å². The summed E-state index contributed by atoms with van der Waals surface area (Å²) in [7, 11) is 0. The van der Waals surface area contributed by atoms with Crippen LogP contribution >= 0.6 is 0 Å². The fraction of sp³-hybridized carbons (Fsp3) is 0.588. The van der Waals surface area contributed by atoms with E-state index in [9.17, 15) is 9.90 Å². The quantitative estimate of drug-likeness (QED) is 0.803. The highest BCUT2D eigenvalue weighted by molar-refractivity contribution is 5.94. The molecule has 21 heavy (non-hydrogen) atoms. The first-order valence-corrected chi connectivity index (χ1v) is 7.88. The van der Waals surface area contributed by atoms with Gasteiger partial charge in [0, 0.05) is 18.7 Å². The number of carbonyl (C=O) groups excluding carboxylic acids is 1. The number of aliphatic hydroxyl groups excluding tert-OH is 1. The lowest BCUT2D eigenvalue weighted by Gasteiger charge is -2.12. The third-order valence-electron chi connectivity index (χ3n) is 4.22. The molecule has 4 heteroatoms. The predicted molar refractivity (Wildman–Crippen MR) is 80.4 cm³/mol. The van der Waals surface area contributed by atoms with Gasteiger partial charge in [-0.15, -0.1) is 0 Å². The molecular formula is C17H23NO3. The Labute approximate surface area is 125 Å². The van der Waals surface area contributed by atoms with Crippen LogP contribution in [0.5, 0.6) is 0 Å². The van der Waals surface area contributed by atoms with E-state index in [1.807, 2.05) is 18.2 Å². The first kappa shape index (κ1) is 14.5. The Bertz CT molecular complexity index is 511. The number of ether oxygens (including phenoxy) is 1. The van der Waals surface area contributed by atoms with Crippen molar-refractivity contribution >= 4 is 5.91 Å². The summed E-state index contributed by atoms with van der Waals surface area (Å²) in [5.74, 6) is 0.573. The number of hydrogen-bond acceptors (Lipinski definition) is 3. The number of aryl methyl sites for hydroxylation is 2. The Balaban J connectivity index is 1.42. The van der Waals surface area contributed by atoms with Crippen molar-refractivity contribution in [2.45, 2.75) is 38.2 Å². The first-order chi connectivity index (χ1) is 10.2. The van der Waals surface area contributed by atoms with Gasteiger partial charge in [0.15, 0.2) is 0 Å². The minimum Gasteiger partial charge on any atom is -0.389 e. The Morgan fingerprint density at radius 2 is 2.14 bits per heavy atom. The van der Waals surface area contributed by atoms with Crippen LogP contribution in [0.3, 0.4) is 0 Å². The molecule has 2 N–H and O–H groups in total. The molecule has 1 aromatic rings. The molecule has 0 aromatic heterocycles. The summed E-state index contributed by atoms with van der Waals surface area (Å²) in [5.41, 5.74) is 3.33. The van der Waals surface area contributed by atoms with Gasteiger partial charge in [-0.1, -0.05) is 6.07 Å². The van der Waals surface area contributed by atoms with Crippen LogP contribution in [0.25, 0.3) is 0 Å². The number of aliphatic hydroxyl groups is 1. The van der Waals surface area contributed by atoms with Gasteiger partial charge >= 0.3 is 0 Å². The van der Waals surface area contributed by atoms with Crippen LogP contribution in [0.2, 0.25) is 0 Å². The van der Waals surface area contributed by atoms with Gasteiger partial charge in [0.05, 0.1) is 12.7 Å². The fourth-order valence-electron chi connectivity index (χ4n) is 2.74. The second-order valence-corrected chi connectivity index (χ2v) is 6.18. The summed E-state index contributed by atoms with van der Waals surface area (Å²) in [6.45, 7) is 1.26. The van der Waals surface area contributed by atoms with Gasteiger partial charge < -0.3 is 15.2 Å². The lowest BCUT2D eigenvalue weighted by molar-refractivity contribution is 0.0320. The molecule has 1 amide bonds. The third kappa shape index (κ3) is 4.05. The summed E-state index contributed by atoms with van der Waals surface area (Å²) in [5, 5.41) is 12.6. The summed E-state index contributed by atoms with van der Waals surface area (Å²) < 4.78 is 5.42. The molecule has 0 bridgehead atoms.